The van der Waals surface area contributed by atoms with Gasteiger partial charge in [0.1, 0.15) is 0 Å². The van der Waals surface area contributed by atoms with Gasteiger partial charge in [0.15, 0.2) is 11.4 Å². The zero-order valence-electron chi connectivity index (χ0n) is 10.4. The van der Waals surface area contributed by atoms with Gasteiger partial charge in [0.05, 0.1) is 11.4 Å². The number of carbonyl (C=O) groups excluding carboxylic acids is 1. The molecule has 0 saturated carbocycles. The lowest BCUT2D eigenvalue weighted by Crippen LogP contribution is -2.13. The molecular weight excluding hydrogens is 248 g/mol. The third-order valence-electron chi connectivity index (χ3n) is 2.04. The molecule has 1 aromatic rings. The van der Waals surface area contributed by atoms with Crippen molar-refractivity contribution in [3.63, 3.8) is 0 Å². The number of benzene rings is 1. The van der Waals surface area contributed by atoms with E-state index in [4.69, 9.17) is 5.26 Å². The minimum atomic E-state index is -0.156. The minimum Gasteiger partial charge on any atom is -0.324 e. The summed E-state index contributed by atoms with van der Waals surface area (Å²) in [5, 5.41) is 14.3. The Morgan fingerprint density at radius 1 is 1.50 bits per heavy atom. The van der Waals surface area contributed by atoms with Crippen molar-refractivity contribution in [2.24, 2.45) is 4.99 Å². The zero-order valence-corrected chi connectivity index (χ0v) is 11.3. The highest BCUT2D eigenvalue weighted by Crippen LogP contribution is 2.26. The molecule has 0 aliphatic rings. The fourth-order valence-electron chi connectivity index (χ4n) is 1.32. The molecule has 0 saturated heterocycles. The predicted molar refractivity (Wildman–Crippen MR) is 74.8 cm³/mol. The Bertz CT molecular complexity index is 519. The number of nitrogens with zero attached hydrogens (tertiary/aromatic N) is 2. The number of amidine groups is 1. The molecule has 0 unspecified atom stereocenters. The first-order valence-electron chi connectivity index (χ1n) is 5.23. The molecule has 2 N–H and O–H groups in total. The lowest BCUT2D eigenvalue weighted by Gasteiger charge is -2.08. The number of rotatable bonds is 2. The Balaban J connectivity index is 3.14. The maximum Gasteiger partial charge on any atom is 0.221 e. The molecule has 0 aliphatic carbocycles. The number of aryl methyl sites for hydroxylation is 1. The summed E-state index contributed by atoms with van der Waals surface area (Å²) in [5.74, 6) is -0.156. The van der Waals surface area contributed by atoms with E-state index in [-0.39, 0.29) is 5.91 Å². The number of hydrogen-bond donors (Lipinski definition) is 2. The van der Waals surface area contributed by atoms with E-state index in [0.717, 1.165) is 5.56 Å². The van der Waals surface area contributed by atoms with Gasteiger partial charge in [-0.3, -0.25) is 10.1 Å². The summed E-state index contributed by atoms with van der Waals surface area (Å²) < 4.78 is 0. The summed E-state index contributed by atoms with van der Waals surface area (Å²) in [5.41, 5.74) is 2.27. The smallest absolute Gasteiger partial charge is 0.221 e. The average molecular weight is 262 g/mol. The number of nitrogens with one attached hydrogen (secondary N) is 2. The van der Waals surface area contributed by atoms with Crippen molar-refractivity contribution in [1.82, 2.24) is 5.32 Å². The molecule has 0 atom stereocenters. The van der Waals surface area contributed by atoms with Crippen molar-refractivity contribution in [2.75, 3.05) is 11.6 Å². The molecule has 18 heavy (non-hydrogen) atoms. The van der Waals surface area contributed by atoms with E-state index in [0.29, 0.717) is 16.5 Å². The Hall–Kier alpha value is -2.00. The number of thioether (sulfide) groups is 1. The summed E-state index contributed by atoms with van der Waals surface area (Å²) in [7, 11) is 0. The molecule has 0 radical (unpaired) electrons. The van der Waals surface area contributed by atoms with Crippen LogP contribution in [0.5, 0.6) is 0 Å². The molecule has 0 aromatic heterocycles. The van der Waals surface area contributed by atoms with E-state index in [1.807, 2.05) is 31.5 Å². The third-order valence-corrected chi connectivity index (χ3v) is 2.62. The van der Waals surface area contributed by atoms with Gasteiger partial charge >= 0.3 is 0 Å². The van der Waals surface area contributed by atoms with Crippen LogP contribution in [-0.2, 0) is 4.79 Å². The Labute approximate surface area is 110 Å². The van der Waals surface area contributed by atoms with Gasteiger partial charge in [0.25, 0.3) is 0 Å². The first-order chi connectivity index (χ1) is 8.56. The standard InChI is InChI=1S/C12H14N4OS/c1-8-4-5-10(11(6-8)15-9(2)17)16-12(18-3)14-7-13/h4-6H,1-3H3,(H,14,16)(H,15,17). The molecule has 6 heteroatoms. The van der Waals surface area contributed by atoms with Crippen molar-refractivity contribution in [3.05, 3.63) is 23.8 Å². The van der Waals surface area contributed by atoms with Crippen LogP contribution in [0.4, 0.5) is 11.4 Å². The van der Waals surface area contributed by atoms with Crippen LogP contribution < -0.4 is 10.6 Å². The van der Waals surface area contributed by atoms with Gasteiger partial charge < -0.3 is 5.32 Å². The molecule has 0 bridgehead atoms. The summed E-state index contributed by atoms with van der Waals surface area (Å²) in [6.45, 7) is 3.38. The molecule has 0 fully saturated rings. The van der Waals surface area contributed by atoms with Gasteiger partial charge in [-0.05, 0) is 30.9 Å². The Morgan fingerprint density at radius 2 is 2.22 bits per heavy atom. The molecule has 94 valence electrons. The van der Waals surface area contributed by atoms with Crippen molar-refractivity contribution in [2.45, 2.75) is 13.8 Å². The monoisotopic (exact) mass is 262 g/mol. The minimum absolute atomic E-state index is 0.156. The average Bonchev–Trinajstić information content (AvgIpc) is 2.31. The quantitative estimate of drug-likeness (QED) is 0.371. The van der Waals surface area contributed by atoms with Crippen molar-refractivity contribution >= 4 is 34.2 Å². The molecule has 5 nitrogen and oxygen atoms in total. The Kier molecular flexibility index (Phi) is 5.21. The molecule has 0 spiro atoms. The van der Waals surface area contributed by atoms with E-state index >= 15 is 0 Å². The first kappa shape index (κ1) is 14.1. The SMILES string of the molecule is CSC(=Nc1ccc(C)cc1NC(C)=O)NC#N. The molecule has 1 aromatic carbocycles. The van der Waals surface area contributed by atoms with Gasteiger partial charge in [0, 0.05) is 6.92 Å². The van der Waals surface area contributed by atoms with Crippen LogP contribution in [-0.4, -0.2) is 17.3 Å². The molecule has 0 aliphatic heterocycles. The van der Waals surface area contributed by atoms with Gasteiger partial charge in [-0.25, -0.2) is 4.99 Å². The van der Waals surface area contributed by atoms with E-state index in [1.54, 1.807) is 6.07 Å². The second kappa shape index (κ2) is 6.67. The van der Waals surface area contributed by atoms with E-state index in [2.05, 4.69) is 15.6 Å². The highest BCUT2D eigenvalue weighted by molar-refractivity contribution is 8.13. The number of nitriles is 1. The third kappa shape index (κ3) is 4.11. The molecule has 0 heterocycles. The maximum absolute atomic E-state index is 11.1. The van der Waals surface area contributed by atoms with Gasteiger partial charge in [0.2, 0.25) is 5.91 Å². The number of hydrogen-bond acceptors (Lipinski definition) is 4. The van der Waals surface area contributed by atoms with Crippen molar-refractivity contribution < 1.29 is 4.79 Å². The predicted octanol–water partition coefficient (Wildman–Crippen LogP) is 2.37. The highest BCUT2D eigenvalue weighted by atomic mass is 32.2. The lowest BCUT2D eigenvalue weighted by molar-refractivity contribution is -0.114. The van der Waals surface area contributed by atoms with Gasteiger partial charge in [-0.1, -0.05) is 17.8 Å². The van der Waals surface area contributed by atoms with Gasteiger partial charge in [-0.2, -0.15) is 5.26 Å². The van der Waals surface area contributed by atoms with Crippen LogP contribution in [0.25, 0.3) is 0 Å². The molecule has 1 rings (SSSR count). The highest BCUT2D eigenvalue weighted by Gasteiger charge is 2.05. The fraction of sp³-hybridized carbons (Fsp3) is 0.250. The lowest BCUT2D eigenvalue weighted by atomic mass is 10.2. The van der Waals surface area contributed by atoms with E-state index in [1.165, 1.54) is 18.7 Å². The van der Waals surface area contributed by atoms with Crippen LogP contribution in [0.1, 0.15) is 12.5 Å². The zero-order chi connectivity index (χ0) is 13.5. The second-order valence-corrected chi connectivity index (χ2v) is 4.35. The number of anilines is 1. The number of aliphatic imine (C=N–C) groups is 1. The molecule has 1 amide bonds. The number of carbonyl (C=O) groups is 1. The maximum atomic E-state index is 11.1. The largest absolute Gasteiger partial charge is 0.324 e. The Morgan fingerprint density at radius 3 is 2.78 bits per heavy atom. The summed E-state index contributed by atoms with van der Waals surface area (Å²) in [6, 6.07) is 5.54. The van der Waals surface area contributed by atoms with Gasteiger partial charge in [-0.15, -0.1) is 0 Å². The normalized spacial score (nSPS) is 10.7. The van der Waals surface area contributed by atoms with Crippen LogP contribution in [0.15, 0.2) is 23.2 Å². The summed E-state index contributed by atoms with van der Waals surface area (Å²) in [4.78, 5) is 15.4. The summed E-state index contributed by atoms with van der Waals surface area (Å²) >= 11 is 1.32. The summed E-state index contributed by atoms with van der Waals surface area (Å²) in [6.07, 6.45) is 3.64. The van der Waals surface area contributed by atoms with Crippen LogP contribution in [0.3, 0.4) is 0 Å². The van der Waals surface area contributed by atoms with Crippen LogP contribution >= 0.6 is 11.8 Å². The topological polar surface area (TPSA) is 77.3 Å². The molecular formula is C12H14N4OS. The second-order valence-electron chi connectivity index (χ2n) is 3.56. The van der Waals surface area contributed by atoms with Crippen molar-refractivity contribution in [1.29, 1.82) is 5.26 Å². The van der Waals surface area contributed by atoms with Crippen LogP contribution in [0, 0.1) is 18.4 Å². The first-order valence-corrected chi connectivity index (χ1v) is 6.45. The van der Waals surface area contributed by atoms with Crippen LogP contribution in [0.2, 0.25) is 0 Å². The number of amides is 1. The van der Waals surface area contributed by atoms with E-state index < -0.39 is 0 Å². The van der Waals surface area contributed by atoms with Crippen molar-refractivity contribution in [3.8, 4) is 6.19 Å². The fourth-order valence-corrected chi connectivity index (χ4v) is 1.66. The van der Waals surface area contributed by atoms with E-state index in [9.17, 15) is 4.79 Å².